The van der Waals surface area contributed by atoms with Gasteiger partial charge in [0.15, 0.2) is 0 Å². The Morgan fingerprint density at radius 3 is 2.65 bits per heavy atom. The molecule has 0 atom stereocenters. The third-order valence-corrected chi connectivity index (χ3v) is 3.81. The zero-order valence-corrected chi connectivity index (χ0v) is 11.1. The van der Waals surface area contributed by atoms with E-state index >= 15 is 0 Å². The first kappa shape index (κ1) is 13.8. The van der Waals surface area contributed by atoms with Crippen LogP contribution in [-0.4, -0.2) is 37.5 Å². The summed E-state index contributed by atoms with van der Waals surface area (Å²) >= 11 is 0. The molecule has 0 fully saturated rings. The number of nitrogen functional groups attached to an aromatic ring is 1. The van der Waals surface area contributed by atoms with E-state index in [-0.39, 0.29) is 5.75 Å². The van der Waals surface area contributed by atoms with E-state index in [9.17, 15) is 8.42 Å². The maximum Gasteiger partial charge on any atom is 0.213 e. The lowest BCUT2D eigenvalue weighted by Gasteiger charge is -2.09. The SMILES string of the molecule is CCn1nc(C)c(N)c1NCCS(=O)(=O)NC. The highest BCUT2D eigenvalue weighted by atomic mass is 32.2. The van der Waals surface area contributed by atoms with Crippen LogP contribution in [0.3, 0.4) is 0 Å². The molecule has 1 rings (SSSR count). The van der Waals surface area contributed by atoms with E-state index in [2.05, 4.69) is 15.1 Å². The molecule has 1 aromatic rings. The van der Waals surface area contributed by atoms with Gasteiger partial charge < -0.3 is 11.1 Å². The number of nitrogens with one attached hydrogen (secondary N) is 2. The van der Waals surface area contributed by atoms with Crippen LogP contribution in [0.25, 0.3) is 0 Å². The minimum atomic E-state index is -3.20. The van der Waals surface area contributed by atoms with Crippen molar-refractivity contribution in [2.45, 2.75) is 20.4 Å². The van der Waals surface area contributed by atoms with Gasteiger partial charge in [0.25, 0.3) is 0 Å². The van der Waals surface area contributed by atoms with Crippen molar-refractivity contribution in [1.82, 2.24) is 14.5 Å². The summed E-state index contributed by atoms with van der Waals surface area (Å²) in [5.41, 5.74) is 7.16. The summed E-state index contributed by atoms with van der Waals surface area (Å²) in [5.74, 6) is 0.674. The molecule has 0 bridgehead atoms. The van der Waals surface area contributed by atoms with Crippen molar-refractivity contribution in [3.8, 4) is 0 Å². The lowest BCUT2D eigenvalue weighted by atomic mass is 10.4. The van der Waals surface area contributed by atoms with Crippen LogP contribution in [0.5, 0.6) is 0 Å². The fraction of sp³-hybridized carbons (Fsp3) is 0.667. The number of aryl methyl sites for hydroxylation is 2. The predicted octanol–water partition coefficient (Wildman–Crippen LogP) is -0.245. The average Bonchev–Trinajstić information content (AvgIpc) is 2.56. The van der Waals surface area contributed by atoms with Gasteiger partial charge in [0, 0.05) is 13.1 Å². The smallest absolute Gasteiger partial charge is 0.213 e. The predicted molar refractivity (Wildman–Crippen MR) is 68.4 cm³/mol. The summed E-state index contributed by atoms with van der Waals surface area (Å²) in [4.78, 5) is 0. The molecule has 0 saturated carbocycles. The molecule has 1 aromatic heterocycles. The van der Waals surface area contributed by atoms with Gasteiger partial charge in [-0.25, -0.2) is 17.8 Å². The highest BCUT2D eigenvalue weighted by molar-refractivity contribution is 7.89. The Bertz CT molecular complexity index is 480. The van der Waals surface area contributed by atoms with Crippen LogP contribution < -0.4 is 15.8 Å². The van der Waals surface area contributed by atoms with Crippen LogP contribution in [0.2, 0.25) is 0 Å². The van der Waals surface area contributed by atoms with Crippen LogP contribution >= 0.6 is 0 Å². The molecule has 0 spiro atoms. The Kier molecular flexibility index (Phi) is 4.35. The first-order valence-corrected chi connectivity index (χ1v) is 7.04. The maximum absolute atomic E-state index is 11.2. The highest BCUT2D eigenvalue weighted by Crippen LogP contribution is 2.21. The zero-order chi connectivity index (χ0) is 13.1. The van der Waals surface area contributed by atoms with Gasteiger partial charge in [0.1, 0.15) is 5.82 Å². The van der Waals surface area contributed by atoms with Crippen LogP contribution in [0.4, 0.5) is 11.5 Å². The normalized spacial score (nSPS) is 11.7. The molecule has 4 N–H and O–H groups in total. The minimum absolute atomic E-state index is 0.00309. The lowest BCUT2D eigenvalue weighted by molar-refractivity contribution is 0.588. The standard InChI is InChI=1S/C9H19N5O2S/c1-4-14-9(8(10)7(2)13-14)12-5-6-17(15,16)11-3/h11-12H,4-6,10H2,1-3H3. The minimum Gasteiger partial charge on any atom is -0.394 e. The van der Waals surface area contributed by atoms with Gasteiger partial charge in [-0.15, -0.1) is 0 Å². The quantitative estimate of drug-likeness (QED) is 0.655. The van der Waals surface area contributed by atoms with Gasteiger partial charge in [-0.05, 0) is 20.9 Å². The average molecular weight is 261 g/mol. The number of nitrogens with zero attached hydrogens (tertiary/aromatic N) is 2. The van der Waals surface area contributed by atoms with Crippen molar-refractivity contribution < 1.29 is 8.42 Å². The van der Waals surface area contributed by atoms with Crippen molar-refractivity contribution in [1.29, 1.82) is 0 Å². The monoisotopic (exact) mass is 261 g/mol. The van der Waals surface area contributed by atoms with Gasteiger partial charge in [0.2, 0.25) is 10.0 Å². The third-order valence-electron chi connectivity index (χ3n) is 2.45. The Morgan fingerprint density at radius 2 is 2.12 bits per heavy atom. The van der Waals surface area contributed by atoms with Gasteiger partial charge in [-0.1, -0.05) is 0 Å². The molecular weight excluding hydrogens is 242 g/mol. The fourth-order valence-electron chi connectivity index (χ4n) is 1.42. The summed E-state index contributed by atoms with van der Waals surface area (Å²) in [6.07, 6.45) is 0. The molecule has 0 aliphatic carbocycles. The lowest BCUT2D eigenvalue weighted by Crippen LogP contribution is -2.26. The Balaban J connectivity index is 2.70. The molecule has 98 valence electrons. The van der Waals surface area contributed by atoms with Gasteiger partial charge in [-0.2, -0.15) is 5.10 Å². The summed E-state index contributed by atoms with van der Waals surface area (Å²) in [5, 5.41) is 7.23. The summed E-state index contributed by atoms with van der Waals surface area (Å²) in [6, 6.07) is 0. The van der Waals surface area contributed by atoms with Crippen molar-refractivity contribution in [2.75, 3.05) is 30.4 Å². The van der Waals surface area contributed by atoms with E-state index in [1.165, 1.54) is 7.05 Å². The molecule has 0 unspecified atom stereocenters. The van der Waals surface area contributed by atoms with Crippen LogP contribution in [0.15, 0.2) is 0 Å². The third kappa shape index (κ3) is 3.34. The van der Waals surface area contributed by atoms with Crippen molar-refractivity contribution in [3.05, 3.63) is 5.69 Å². The number of hydrogen-bond acceptors (Lipinski definition) is 5. The van der Waals surface area contributed by atoms with E-state index in [0.29, 0.717) is 24.6 Å². The number of aromatic nitrogens is 2. The Morgan fingerprint density at radius 1 is 1.47 bits per heavy atom. The molecular formula is C9H19N5O2S. The Labute approximate surface area is 101 Å². The molecule has 7 nitrogen and oxygen atoms in total. The number of hydrogen-bond donors (Lipinski definition) is 3. The van der Waals surface area contributed by atoms with Crippen molar-refractivity contribution >= 4 is 21.5 Å². The van der Waals surface area contributed by atoms with Crippen LogP contribution in [0.1, 0.15) is 12.6 Å². The fourth-order valence-corrected chi connectivity index (χ4v) is 1.99. The molecule has 0 saturated heterocycles. The molecule has 0 aromatic carbocycles. The molecule has 0 amide bonds. The summed E-state index contributed by atoms with van der Waals surface area (Å²) < 4.78 is 26.4. The number of sulfonamides is 1. The first-order chi connectivity index (χ1) is 7.91. The number of rotatable bonds is 6. The van der Waals surface area contributed by atoms with Gasteiger partial charge in [0.05, 0.1) is 17.1 Å². The first-order valence-electron chi connectivity index (χ1n) is 5.39. The molecule has 0 aliphatic heterocycles. The molecule has 17 heavy (non-hydrogen) atoms. The molecule has 0 aliphatic rings. The van der Waals surface area contributed by atoms with Gasteiger partial charge in [-0.3, -0.25) is 0 Å². The van der Waals surface area contributed by atoms with E-state index in [0.717, 1.165) is 5.69 Å². The van der Waals surface area contributed by atoms with Crippen LogP contribution in [0, 0.1) is 6.92 Å². The second-order valence-corrected chi connectivity index (χ2v) is 5.66. The van der Waals surface area contributed by atoms with E-state index < -0.39 is 10.0 Å². The van der Waals surface area contributed by atoms with Crippen LogP contribution in [-0.2, 0) is 16.6 Å². The number of anilines is 2. The number of nitrogens with two attached hydrogens (primary N) is 1. The highest BCUT2D eigenvalue weighted by Gasteiger charge is 2.12. The second kappa shape index (κ2) is 5.37. The molecule has 1 heterocycles. The van der Waals surface area contributed by atoms with Gasteiger partial charge >= 0.3 is 0 Å². The van der Waals surface area contributed by atoms with E-state index in [4.69, 9.17) is 5.73 Å². The topological polar surface area (TPSA) is 102 Å². The zero-order valence-electron chi connectivity index (χ0n) is 10.3. The second-order valence-electron chi connectivity index (χ2n) is 3.61. The largest absolute Gasteiger partial charge is 0.394 e. The van der Waals surface area contributed by atoms with Crippen molar-refractivity contribution in [2.24, 2.45) is 0 Å². The van der Waals surface area contributed by atoms with E-state index in [1.54, 1.807) is 4.68 Å². The summed E-state index contributed by atoms with van der Waals surface area (Å²) in [6.45, 7) is 4.73. The molecule has 8 heteroatoms. The summed E-state index contributed by atoms with van der Waals surface area (Å²) in [7, 11) is -1.81. The van der Waals surface area contributed by atoms with E-state index in [1.807, 2.05) is 13.8 Å². The Hall–Kier alpha value is -1.28. The maximum atomic E-state index is 11.2. The molecule has 0 radical (unpaired) electrons. The van der Waals surface area contributed by atoms with Crippen molar-refractivity contribution in [3.63, 3.8) is 0 Å².